The molecule has 88 valence electrons. The van der Waals surface area contributed by atoms with Crippen molar-refractivity contribution >= 4 is 0 Å². The predicted molar refractivity (Wildman–Crippen MR) is 64.8 cm³/mol. The van der Waals surface area contributed by atoms with Gasteiger partial charge in [-0.15, -0.1) is 0 Å². The normalized spacial score (nSPS) is 37.2. The van der Waals surface area contributed by atoms with E-state index in [0.29, 0.717) is 5.54 Å². The number of hydrogen-bond acceptors (Lipinski definition) is 2. The van der Waals surface area contributed by atoms with E-state index in [4.69, 9.17) is 5.73 Å². The second kappa shape index (κ2) is 4.42. The third-order valence-electron chi connectivity index (χ3n) is 4.39. The maximum Gasteiger partial charge on any atom is 0.0337 e. The maximum atomic E-state index is 6.10. The molecule has 2 aliphatic rings. The molecule has 2 N–H and O–H groups in total. The minimum atomic E-state index is 0.355. The fraction of sp³-hybridized carbons (Fsp3) is 1.00. The third-order valence-corrected chi connectivity index (χ3v) is 4.39. The van der Waals surface area contributed by atoms with E-state index in [1.54, 1.807) is 0 Å². The van der Waals surface area contributed by atoms with Gasteiger partial charge in [0.15, 0.2) is 0 Å². The molecule has 2 atom stereocenters. The molecule has 0 aromatic carbocycles. The van der Waals surface area contributed by atoms with Crippen LogP contribution in [0.4, 0.5) is 0 Å². The zero-order valence-corrected chi connectivity index (χ0v) is 10.3. The minimum Gasteiger partial charge on any atom is -0.329 e. The van der Waals surface area contributed by atoms with Crippen molar-refractivity contribution in [2.24, 2.45) is 11.7 Å². The quantitative estimate of drug-likeness (QED) is 0.772. The highest BCUT2D eigenvalue weighted by molar-refractivity contribution is 5.01. The van der Waals surface area contributed by atoms with Crippen LogP contribution in [0.3, 0.4) is 0 Å². The third kappa shape index (κ3) is 2.21. The Kier molecular flexibility index (Phi) is 3.36. The largest absolute Gasteiger partial charge is 0.329 e. The number of nitrogens with two attached hydrogens (primary N) is 1. The van der Waals surface area contributed by atoms with Gasteiger partial charge in [0, 0.05) is 18.1 Å². The molecular formula is C13H26N2. The van der Waals surface area contributed by atoms with E-state index in [0.717, 1.165) is 18.5 Å². The predicted octanol–water partition coefficient (Wildman–Crippen LogP) is 2.38. The Bertz CT molecular complexity index is 213. The monoisotopic (exact) mass is 210 g/mol. The first-order valence-corrected chi connectivity index (χ1v) is 6.68. The summed E-state index contributed by atoms with van der Waals surface area (Å²) in [5, 5.41) is 0. The molecule has 2 nitrogen and oxygen atoms in total. The molecule has 0 spiro atoms. The summed E-state index contributed by atoms with van der Waals surface area (Å²) in [5.74, 6) is 0.870. The van der Waals surface area contributed by atoms with Crippen molar-refractivity contribution in [2.45, 2.75) is 64.0 Å². The zero-order valence-electron chi connectivity index (χ0n) is 10.3. The average molecular weight is 210 g/mol. The first-order chi connectivity index (χ1) is 7.22. The van der Waals surface area contributed by atoms with E-state index in [-0.39, 0.29) is 0 Å². The Labute approximate surface area is 94.2 Å². The topological polar surface area (TPSA) is 29.3 Å². The van der Waals surface area contributed by atoms with Gasteiger partial charge in [-0.25, -0.2) is 0 Å². The summed E-state index contributed by atoms with van der Waals surface area (Å²) < 4.78 is 0. The van der Waals surface area contributed by atoms with Gasteiger partial charge < -0.3 is 5.73 Å². The van der Waals surface area contributed by atoms with Gasteiger partial charge in [-0.2, -0.15) is 0 Å². The maximum absolute atomic E-state index is 6.10. The molecule has 2 aliphatic carbocycles. The van der Waals surface area contributed by atoms with Gasteiger partial charge in [0.25, 0.3) is 0 Å². The Morgan fingerprint density at radius 2 is 2.07 bits per heavy atom. The van der Waals surface area contributed by atoms with Crippen LogP contribution in [0.2, 0.25) is 0 Å². The number of hydrogen-bond donors (Lipinski definition) is 1. The Morgan fingerprint density at radius 3 is 2.53 bits per heavy atom. The van der Waals surface area contributed by atoms with E-state index in [1.165, 1.54) is 45.1 Å². The van der Waals surface area contributed by atoms with E-state index < -0.39 is 0 Å². The van der Waals surface area contributed by atoms with Crippen molar-refractivity contribution in [2.75, 3.05) is 13.1 Å². The van der Waals surface area contributed by atoms with Crippen LogP contribution < -0.4 is 5.73 Å². The second-order valence-electron chi connectivity index (χ2n) is 5.65. The Balaban J connectivity index is 2.10. The molecule has 2 fully saturated rings. The first kappa shape index (κ1) is 11.4. The number of nitrogens with zero attached hydrogens (tertiary/aromatic N) is 1. The van der Waals surface area contributed by atoms with Crippen LogP contribution in [0.1, 0.15) is 52.4 Å². The van der Waals surface area contributed by atoms with Gasteiger partial charge in [-0.05, 0) is 38.1 Å². The molecule has 0 saturated heterocycles. The van der Waals surface area contributed by atoms with Gasteiger partial charge in [-0.3, -0.25) is 4.90 Å². The van der Waals surface area contributed by atoms with E-state index in [2.05, 4.69) is 18.7 Å². The molecule has 0 radical (unpaired) electrons. The van der Waals surface area contributed by atoms with Crippen LogP contribution in [0, 0.1) is 5.92 Å². The highest BCUT2D eigenvalue weighted by Gasteiger charge is 2.44. The minimum absolute atomic E-state index is 0.355. The van der Waals surface area contributed by atoms with Crippen molar-refractivity contribution in [1.82, 2.24) is 4.90 Å². The van der Waals surface area contributed by atoms with Crippen molar-refractivity contribution in [3.63, 3.8) is 0 Å². The first-order valence-electron chi connectivity index (χ1n) is 6.68. The van der Waals surface area contributed by atoms with Gasteiger partial charge >= 0.3 is 0 Å². The molecule has 2 unspecified atom stereocenters. The van der Waals surface area contributed by atoms with Crippen LogP contribution in [0.25, 0.3) is 0 Å². The summed E-state index contributed by atoms with van der Waals surface area (Å²) in [5.41, 5.74) is 6.46. The number of rotatable bonds is 4. The molecule has 15 heavy (non-hydrogen) atoms. The lowest BCUT2D eigenvalue weighted by Gasteiger charge is -2.48. The molecule has 0 aromatic rings. The Hall–Kier alpha value is -0.0800. The molecule has 0 heterocycles. The average Bonchev–Trinajstić information content (AvgIpc) is 3.03. The van der Waals surface area contributed by atoms with E-state index >= 15 is 0 Å². The lowest BCUT2D eigenvalue weighted by molar-refractivity contribution is 0.0364. The summed E-state index contributed by atoms with van der Waals surface area (Å²) in [4.78, 5) is 2.72. The zero-order chi connectivity index (χ0) is 10.9. The van der Waals surface area contributed by atoms with Crippen LogP contribution in [-0.2, 0) is 0 Å². The van der Waals surface area contributed by atoms with Gasteiger partial charge in [0.05, 0.1) is 0 Å². The summed E-state index contributed by atoms with van der Waals surface area (Å²) in [7, 11) is 0. The molecule has 2 rings (SSSR count). The van der Waals surface area contributed by atoms with Crippen molar-refractivity contribution in [3.05, 3.63) is 0 Å². The summed E-state index contributed by atoms with van der Waals surface area (Å²) in [6, 6.07) is 0.865. The van der Waals surface area contributed by atoms with Gasteiger partial charge in [0.2, 0.25) is 0 Å². The molecular weight excluding hydrogens is 184 g/mol. The Morgan fingerprint density at radius 1 is 1.33 bits per heavy atom. The highest BCUT2D eigenvalue weighted by Crippen LogP contribution is 2.41. The molecule has 0 aliphatic heterocycles. The van der Waals surface area contributed by atoms with Crippen LogP contribution in [-0.4, -0.2) is 29.6 Å². The van der Waals surface area contributed by atoms with Crippen molar-refractivity contribution in [3.8, 4) is 0 Å². The van der Waals surface area contributed by atoms with Gasteiger partial charge in [0.1, 0.15) is 0 Å². The summed E-state index contributed by atoms with van der Waals surface area (Å²) >= 11 is 0. The van der Waals surface area contributed by atoms with Crippen molar-refractivity contribution < 1.29 is 0 Å². The summed E-state index contributed by atoms with van der Waals surface area (Å²) in [6.45, 7) is 6.75. The van der Waals surface area contributed by atoms with Crippen LogP contribution in [0.15, 0.2) is 0 Å². The lowest BCUT2D eigenvalue weighted by atomic mass is 9.75. The van der Waals surface area contributed by atoms with Crippen molar-refractivity contribution in [1.29, 1.82) is 0 Å². The standard InChI is InChI=1S/C13H26N2/c1-3-15(12-6-7-12)13(10-14)8-4-5-11(2)9-13/h11-12H,3-10,14H2,1-2H3. The molecule has 2 saturated carbocycles. The SMILES string of the molecule is CCN(C1CC1)C1(CN)CCCC(C)C1. The molecule has 0 aromatic heterocycles. The van der Waals surface area contributed by atoms with E-state index in [9.17, 15) is 0 Å². The lowest BCUT2D eigenvalue weighted by Crippen LogP contribution is -2.57. The fourth-order valence-corrected chi connectivity index (χ4v) is 3.56. The van der Waals surface area contributed by atoms with Gasteiger partial charge in [-0.1, -0.05) is 26.7 Å². The van der Waals surface area contributed by atoms with Crippen LogP contribution >= 0.6 is 0 Å². The molecule has 2 heteroatoms. The fourth-order valence-electron chi connectivity index (χ4n) is 3.56. The number of likely N-dealkylation sites (N-methyl/N-ethyl adjacent to an activating group) is 1. The smallest absolute Gasteiger partial charge is 0.0337 e. The summed E-state index contributed by atoms with van der Waals surface area (Å²) in [6.07, 6.45) is 8.26. The molecule has 0 bridgehead atoms. The van der Waals surface area contributed by atoms with Crippen LogP contribution in [0.5, 0.6) is 0 Å². The second-order valence-corrected chi connectivity index (χ2v) is 5.65. The molecule has 0 amide bonds. The highest BCUT2D eigenvalue weighted by atomic mass is 15.3. The van der Waals surface area contributed by atoms with E-state index in [1.807, 2.05) is 0 Å².